The number of benzene rings is 1. The van der Waals surface area contributed by atoms with Gasteiger partial charge in [0.2, 0.25) is 0 Å². The molecule has 122 valence electrons. The van der Waals surface area contributed by atoms with Crippen LogP contribution < -0.4 is 14.8 Å². The average Bonchev–Trinajstić information content (AvgIpc) is 2.44. The predicted octanol–water partition coefficient (Wildman–Crippen LogP) is 2.64. The molecule has 6 heteroatoms. The Morgan fingerprint density at radius 2 is 1.77 bits per heavy atom. The molecule has 0 aliphatic rings. The van der Waals surface area contributed by atoms with E-state index in [1.165, 1.54) is 14.2 Å². The molecule has 22 heavy (non-hydrogen) atoms. The molecule has 0 fully saturated rings. The highest BCUT2D eigenvalue weighted by Crippen LogP contribution is 2.32. The van der Waals surface area contributed by atoms with Gasteiger partial charge in [-0.05, 0) is 39.8 Å². The van der Waals surface area contributed by atoms with Gasteiger partial charge in [0, 0.05) is 11.6 Å². The molecule has 0 aromatic heterocycles. The minimum absolute atomic E-state index is 0.435. The third kappa shape index (κ3) is 4.38. The lowest BCUT2D eigenvalue weighted by atomic mass is 9.92. The van der Waals surface area contributed by atoms with Crippen LogP contribution in [-0.2, 0) is 15.1 Å². The Morgan fingerprint density at radius 1 is 1.14 bits per heavy atom. The van der Waals surface area contributed by atoms with Gasteiger partial charge in [-0.15, -0.1) is 0 Å². The monoisotopic (exact) mass is 309 g/mol. The number of aldehydes is 1. The smallest absolute Gasteiger partial charge is 0.408 e. The first-order valence-corrected chi connectivity index (χ1v) is 6.85. The maximum Gasteiger partial charge on any atom is 0.408 e. The molecule has 0 bridgehead atoms. The van der Waals surface area contributed by atoms with Gasteiger partial charge in [-0.3, -0.25) is 0 Å². The number of hydrogen-bond acceptors (Lipinski definition) is 5. The zero-order valence-corrected chi connectivity index (χ0v) is 13.9. The van der Waals surface area contributed by atoms with Gasteiger partial charge in [-0.1, -0.05) is 0 Å². The Hall–Kier alpha value is -2.24. The van der Waals surface area contributed by atoms with Crippen molar-refractivity contribution in [2.75, 3.05) is 14.2 Å². The molecule has 1 N–H and O–H groups in total. The fraction of sp³-hybridized carbons (Fsp3) is 0.500. The lowest BCUT2D eigenvalue weighted by Crippen LogP contribution is -2.47. The second kappa shape index (κ2) is 6.68. The van der Waals surface area contributed by atoms with Crippen LogP contribution in [0.2, 0.25) is 0 Å². The third-order valence-corrected chi connectivity index (χ3v) is 2.96. The van der Waals surface area contributed by atoms with E-state index in [0.717, 1.165) is 0 Å². The maximum atomic E-state index is 12.0. The van der Waals surface area contributed by atoms with Crippen LogP contribution in [-0.4, -0.2) is 32.2 Å². The van der Waals surface area contributed by atoms with Crippen LogP contribution in [0.3, 0.4) is 0 Å². The third-order valence-electron chi connectivity index (χ3n) is 2.96. The van der Waals surface area contributed by atoms with Gasteiger partial charge < -0.3 is 24.3 Å². The lowest BCUT2D eigenvalue weighted by molar-refractivity contribution is -0.113. The Morgan fingerprint density at radius 3 is 2.23 bits per heavy atom. The van der Waals surface area contributed by atoms with Crippen LogP contribution in [0.15, 0.2) is 18.2 Å². The van der Waals surface area contributed by atoms with Crippen molar-refractivity contribution in [1.82, 2.24) is 5.32 Å². The number of carbonyl (C=O) groups is 2. The molecule has 1 rings (SSSR count). The summed E-state index contributed by atoms with van der Waals surface area (Å²) in [5, 5.41) is 2.58. The number of hydrogen-bond donors (Lipinski definition) is 1. The zero-order valence-electron chi connectivity index (χ0n) is 13.9. The normalized spacial score (nSPS) is 13.7. The van der Waals surface area contributed by atoms with Crippen LogP contribution in [0.4, 0.5) is 4.79 Å². The molecule has 1 amide bonds. The van der Waals surface area contributed by atoms with Crippen LogP contribution in [0, 0.1) is 0 Å². The summed E-state index contributed by atoms with van der Waals surface area (Å²) in [7, 11) is 3.02. The van der Waals surface area contributed by atoms with Gasteiger partial charge in [0.1, 0.15) is 28.9 Å². The van der Waals surface area contributed by atoms with Gasteiger partial charge in [-0.25, -0.2) is 4.79 Å². The van der Waals surface area contributed by atoms with E-state index < -0.39 is 17.2 Å². The van der Waals surface area contributed by atoms with E-state index in [1.54, 1.807) is 45.9 Å². The minimum Gasteiger partial charge on any atom is -0.497 e. The number of rotatable bonds is 5. The van der Waals surface area contributed by atoms with Crippen molar-refractivity contribution in [3.8, 4) is 11.5 Å². The molecule has 0 aliphatic heterocycles. The quantitative estimate of drug-likeness (QED) is 0.846. The Bertz CT molecular complexity index is 550. The van der Waals surface area contributed by atoms with Crippen molar-refractivity contribution >= 4 is 12.4 Å². The summed E-state index contributed by atoms with van der Waals surface area (Å²) in [6, 6.07) is 5.01. The molecule has 0 saturated heterocycles. The number of amides is 1. The molecule has 1 aromatic carbocycles. The van der Waals surface area contributed by atoms with Crippen molar-refractivity contribution in [3.63, 3.8) is 0 Å². The average molecular weight is 309 g/mol. The molecular weight excluding hydrogens is 286 g/mol. The summed E-state index contributed by atoms with van der Waals surface area (Å²) in [5.41, 5.74) is -1.42. The summed E-state index contributed by atoms with van der Waals surface area (Å²) in [5.74, 6) is 1.02. The first-order valence-electron chi connectivity index (χ1n) is 6.85. The van der Waals surface area contributed by atoms with Crippen molar-refractivity contribution in [2.45, 2.75) is 38.8 Å². The highest BCUT2D eigenvalue weighted by Gasteiger charge is 2.33. The van der Waals surface area contributed by atoms with Gasteiger partial charge >= 0.3 is 6.09 Å². The topological polar surface area (TPSA) is 73.9 Å². The number of carbonyl (C=O) groups excluding carboxylic acids is 2. The fourth-order valence-corrected chi connectivity index (χ4v) is 1.90. The molecule has 0 saturated carbocycles. The molecule has 1 atom stereocenters. The largest absolute Gasteiger partial charge is 0.497 e. The second-order valence-corrected chi connectivity index (χ2v) is 6.01. The summed E-state index contributed by atoms with van der Waals surface area (Å²) in [6.07, 6.45) is -0.0405. The predicted molar refractivity (Wildman–Crippen MR) is 82.3 cm³/mol. The number of methoxy groups -OCH3 is 2. The minimum atomic E-state index is -1.28. The van der Waals surface area contributed by atoms with Crippen molar-refractivity contribution in [2.24, 2.45) is 0 Å². The van der Waals surface area contributed by atoms with Crippen LogP contribution in [0.1, 0.15) is 33.3 Å². The van der Waals surface area contributed by atoms with E-state index >= 15 is 0 Å². The van der Waals surface area contributed by atoms with E-state index in [0.29, 0.717) is 23.3 Å². The van der Waals surface area contributed by atoms with E-state index in [4.69, 9.17) is 14.2 Å². The molecule has 6 nitrogen and oxygen atoms in total. The van der Waals surface area contributed by atoms with Gasteiger partial charge in [-0.2, -0.15) is 0 Å². The van der Waals surface area contributed by atoms with E-state index in [9.17, 15) is 9.59 Å². The summed E-state index contributed by atoms with van der Waals surface area (Å²) in [6.45, 7) is 6.82. The highest BCUT2D eigenvalue weighted by molar-refractivity contribution is 5.79. The van der Waals surface area contributed by atoms with Gasteiger partial charge in [0.15, 0.2) is 0 Å². The number of alkyl carbamates (subject to hydrolysis) is 1. The van der Waals surface area contributed by atoms with Crippen LogP contribution >= 0.6 is 0 Å². The Kier molecular flexibility index (Phi) is 5.41. The van der Waals surface area contributed by atoms with Gasteiger partial charge in [0.05, 0.1) is 14.2 Å². The second-order valence-electron chi connectivity index (χ2n) is 6.01. The first-order chi connectivity index (χ1) is 10.1. The first kappa shape index (κ1) is 17.8. The highest BCUT2D eigenvalue weighted by atomic mass is 16.6. The van der Waals surface area contributed by atoms with E-state index in [2.05, 4.69) is 5.32 Å². The fourth-order valence-electron chi connectivity index (χ4n) is 1.90. The number of ether oxygens (including phenoxy) is 3. The summed E-state index contributed by atoms with van der Waals surface area (Å²) < 4.78 is 15.6. The van der Waals surface area contributed by atoms with Crippen molar-refractivity contribution in [1.29, 1.82) is 0 Å². The number of nitrogens with one attached hydrogen (secondary N) is 1. The van der Waals surface area contributed by atoms with Crippen LogP contribution in [0.5, 0.6) is 11.5 Å². The summed E-state index contributed by atoms with van der Waals surface area (Å²) >= 11 is 0. The standard InChI is InChI=1S/C16H23NO5/c1-15(2,3)22-14(19)17-16(4,10-18)12-8-7-11(20-5)9-13(12)21-6/h7-10H,1-6H3,(H,17,19). The van der Waals surface area contributed by atoms with Crippen molar-refractivity contribution < 1.29 is 23.8 Å². The lowest BCUT2D eigenvalue weighted by Gasteiger charge is -2.29. The Labute approximate surface area is 130 Å². The molecule has 0 aliphatic carbocycles. The molecule has 1 aromatic rings. The SMILES string of the molecule is COc1ccc(C(C)(C=O)NC(=O)OC(C)(C)C)c(OC)c1. The van der Waals surface area contributed by atoms with Crippen molar-refractivity contribution in [3.05, 3.63) is 23.8 Å². The molecule has 1 unspecified atom stereocenters. The van der Waals surface area contributed by atoms with Crippen LogP contribution in [0.25, 0.3) is 0 Å². The zero-order chi connectivity index (χ0) is 17.0. The Balaban J connectivity index is 3.13. The van der Waals surface area contributed by atoms with E-state index in [-0.39, 0.29) is 0 Å². The molecular formula is C16H23NO5. The van der Waals surface area contributed by atoms with Gasteiger partial charge in [0.25, 0.3) is 0 Å². The maximum absolute atomic E-state index is 12.0. The van der Waals surface area contributed by atoms with E-state index in [1.807, 2.05) is 0 Å². The summed E-state index contributed by atoms with van der Waals surface area (Å²) in [4.78, 5) is 23.6. The molecule has 0 radical (unpaired) electrons. The molecule has 0 spiro atoms. The molecule has 0 heterocycles.